The molecular weight excluding hydrogens is 326 g/mol. The SMILES string of the molecule is C/C=C\C=C(/C)N.C=Cc1cc2ccccc2c(C(C)C(C)(C)C)c1C=C. The topological polar surface area (TPSA) is 26.0 Å². The van der Waals surface area contributed by atoms with Crippen LogP contribution in [0.3, 0.4) is 0 Å². The zero-order chi connectivity index (χ0) is 20.6. The van der Waals surface area contributed by atoms with Crippen molar-refractivity contribution in [3.05, 3.63) is 84.1 Å². The van der Waals surface area contributed by atoms with Crippen molar-refractivity contribution >= 4 is 22.9 Å². The molecule has 0 radical (unpaired) electrons. The summed E-state index contributed by atoms with van der Waals surface area (Å²) in [4.78, 5) is 0. The van der Waals surface area contributed by atoms with E-state index >= 15 is 0 Å². The molecule has 0 bridgehead atoms. The summed E-state index contributed by atoms with van der Waals surface area (Å²) in [6.45, 7) is 21.0. The van der Waals surface area contributed by atoms with Crippen LogP contribution in [0.25, 0.3) is 22.9 Å². The number of allylic oxidation sites excluding steroid dienone is 4. The second-order valence-corrected chi connectivity index (χ2v) is 7.95. The highest BCUT2D eigenvalue weighted by Gasteiger charge is 2.25. The number of benzene rings is 2. The van der Waals surface area contributed by atoms with Crippen molar-refractivity contribution in [1.82, 2.24) is 0 Å². The van der Waals surface area contributed by atoms with Crippen LogP contribution in [0.4, 0.5) is 0 Å². The van der Waals surface area contributed by atoms with Gasteiger partial charge in [-0.25, -0.2) is 0 Å². The summed E-state index contributed by atoms with van der Waals surface area (Å²) in [7, 11) is 0. The lowest BCUT2D eigenvalue weighted by Crippen LogP contribution is -2.17. The molecule has 0 spiro atoms. The Kier molecular flexibility index (Phi) is 8.31. The lowest BCUT2D eigenvalue weighted by molar-refractivity contribution is 0.341. The Morgan fingerprint density at radius 1 is 1.11 bits per heavy atom. The molecule has 2 N–H and O–H groups in total. The van der Waals surface area contributed by atoms with Crippen LogP contribution >= 0.6 is 0 Å². The van der Waals surface area contributed by atoms with Crippen molar-refractivity contribution in [1.29, 1.82) is 0 Å². The molecule has 1 unspecified atom stereocenters. The number of fused-ring (bicyclic) bond motifs is 1. The zero-order valence-corrected chi connectivity index (χ0v) is 17.8. The van der Waals surface area contributed by atoms with Crippen molar-refractivity contribution in [3.8, 4) is 0 Å². The van der Waals surface area contributed by atoms with Gasteiger partial charge >= 0.3 is 0 Å². The van der Waals surface area contributed by atoms with Crippen LogP contribution in [-0.2, 0) is 0 Å². The predicted molar refractivity (Wildman–Crippen MR) is 125 cm³/mol. The van der Waals surface area contributed by atoms with Crippen LogP contribution in [0.15, 0.2) is 67.4 Å². The quantitative estimate of drug-likeness (QED) is 0.555. The number of hydrogen-bond acceptors (Lipinski definition) is 1. The fourth-order valence-electron chi connectivity index (χ4n) is 2.96. The van der Waals surface area contributed by atoms with Gasteiger partial charge in [-0.15, -0.1) is 0 Å². The average Bonchev–Trinajstić information content (AvgIpc) is 2.63. The molecule has 2 rings (SSSR count). The summed E-state index contributed by atoms with van der Waals surface area (Å²) in [5, 5.41) is 2.61. The molecule has 0 aliphatic rings. The monoisotopic (exact) mass is 361 g/mol. The summed E-state index contributed by atoms with van der Waals surface area (Å²) < 4.78 is 0. The van der Waals surface area contributed by atoms with Crippen LogP contribution in [0.5, 0.6) is 0 Å². The summed E-state index contributed by atoms with van der Waals surface area (Å²) in [6, 6.07) is 10.8. The first-order valence-electron chi connectivity index (χ1n) is 9.52. The molecule has 0 saturated carbocycles. The van der Waals surface area contributed by atoms with Crippen LogP contribution in [0, 0.1) is 5.41 Å². The van der Waals surface area contributed by atoms with Crippen LogP contribution in [-0.4, -0.2) is 0 Å². The molecule has 0 fully saturated rings. The third-order valence-electron chi connectivity index (χ3n) is 4.87. The number of hydrogen-bond donors (Lipinski definition) is 1. The Morgan fingerprint density at radius 3 is 2.19 bits per heavy atom. The summed E-state index contributed by atoms with van der Waals surface area (Å²) in [5.41, 5.74) is 10.1. The van der Waals surface area contributed by atoms with E-state index in [1.54, 1.807) is 0 Å². The largest absolute Gasteiger partial charge is 0.402 e. The normalized spacial score (nSPS) is 13.2. The van der Waals surface area contributed by atoms with Crippen molar-refractivity contribution in [3.63, 3.8) is 0 Å². The fraction of sp³-hybridized carbons (Fsp3) is 0.308. The number of nitrogens with two attached hydrogens (primary N) is 1. The first kappa shape index (κ1) is 22.5. The van der Waals surface area contributed by atoms with Gasteiger partial charge in [-0.05, 0) is 64.8 Å². The van der Waals surface area contributed by atoms with Gasteiger partial charge in [0.2, 0.25) is 0 Å². The minimum atomic E-state index is 0.209. The van der Waals surface area contributed by atoms with E-state index in [1.807, 2.05) is 44.2 Å². The highest BCUT2D eigenvalue weighted by Crippen LogP contribution is 2.41. The molecule has 0 saturated heterocycles. The van der Waals surface area contributed by atoms with Gasteiger partial charge in [0.1, 0.15) is 0 Å². The predicted octanol–water partition coefficient (Wildman–Crippen LogP) is 7.70. The lowest BCUT2D eigenvalue weighted by atomic mass is 9.74. The Morgan fingerprint density at radius 2 is 1.74 bits per heavy atom. The van der Waals surface area contributed by atoms with E-state index < -0.39 is 0 Å². The molecule has 1 nitrogen and oxygen atoms in total. The van der Waals surface area contributed by atoms with Crippen LogP contribution in [0.2, 0.25) is 0 Å². The molecule has 144 valence electrons. The van der Waals surface area contributed by atoms with Crippen LogP contribution < -0.4 is 5.73 Å². The minimum absolute atomic E-state index is 0.209. The van der Waals surface area contributed by atoms with Gasteiger partial charge < -0.3 is 5.73 Å². The van der Waals surface area contributed by atoms with Crippen molar-refractivity contribution < 1.29 is 0 Å². The molecule has 0 amide bonds. The van der Waals surface area contributed by atoms with E-state index in [2.05, 4.69) is 71.2 Å². The summed E-state index contributed by atoms with van der Waals surface area (Å²) >= 11 is 0. The lowest BCUT2D eigenvalue weighted by Gasteiger charge is -2.31. The standard InChI is InChI=1S/C20H24.C6H11N/c1-7-15-13-16-11-9-10-12-18(16)19(17(15)8-2)14(3)20(4,5)6;1-3-4-5-6(2)7/h7-14H,1-2H2,3-6H3;3-5H,7H2,1-2H3/b;4-3-,6-5+. The van der Waals surface area contributed by atoms with Gasteiger partial charge in [-0.1, -0.05) is 89.4 Å². The van der Waals surface area contributed by atoms with Gasteiger partial charge in [0.05, 0.1) is 0 Å². The molecule has 0 aliphatic heterocycles. The Labute approximate surface area is 166 Å². The molecule has 0 aromatic heterocycles. The van der Waals surface area contributed by atoms with Gasteiger partial charge in [-0.2, -0.15) is 0 Å². The zero-order valence-electron chi connectivity index (χ0n) is 17.8. The van der Waals surface area contributed by atoms with Crippen molar-refractivity contribution in [2.45, 2.75) is 47.5 Å². The van der Waals surface area contributed by atoms with E-state index in [-0.39, 0.29) is 5.41 Å². The average molecular weight is 362 g/mol. The van der Waals surface area contributed by atoms with Crippen molar-refractivity contribution in [2.24, 2.45) is 11.1 Å². The van der Waals surface area contributed by atoms with Gasteiger partial charge in [0, 0.05) is 5.70 Å². The smallest absolute Gasteiger partial charge is 0.00487 e. The first-order valence-corrected chi connectivity index (χ1v) is 9.52. The first-order chi connectivity index (χ1) is 12.7. The summed E-state index contributed by atoms with van der Waals surface area (Å²) in [6.07, 6.45) is 9.62. The van der Waals surface area contributed by atoms with E-state index in [4.69, 9.17) is 5.73 Å². The second kappa shape index (κ2) is 9.97. The minimum Gasteiger partial charge on any atom is -0.402 e. The molecule has 0 heterocycles. The molecule has 2 aromatic rings. The maximum absolute atomic E-state index is 5.29. The Balaban J connectivity index is 0.000000445. The maximum atomic E-state index is 5.29. The molecule has 1 atom stereocenters. The number of rotatable bonds is 4. The molecule has 1 heteroatoms. The third-order valence-corrected chi connectivity index (χ3v) is 4.87. The molecule has 0 aliphatic carbocycles. The van der Waals surface area contributed by atoms with E-state index in [1.165, 1.54) is 27.5 Å². The highest BCUT2D eigenvalue weighted by molar-refractivity contribution is 5.92. The molecule has 2 aromatic carbocycles. The second-order valence-electron chi connectivity index (χ2n) is 7.95. The third kappa shape index (κ3) is 5.99. The van der Waals surface area contributed by atoms with Gasteiger partial charge in [0.25, 0.3) is 0 Å². The van der Waals surface area contributed by atoms with Gasteiger partial charge in [-0.3, -0.25) is 0 Å². The molecule has 27 heavy (non-hydrogen) atoms. The highest BCUT2D eigenvalue weighted by atomic mass is 14.5. The van der Waals surface area contributed by atoms with E-state index in [0.29, 0.717) is 5.92 Å². The van der Waals surface area contributed by atoms with Crippen molar-refractivity contribution in [2.75, 3.05) is 0 Å². The summed E-state index contributed by atoms with van der Waals surface area (Å²) in [5.74, 6) is 0.445. The van der Waals surface area contributed by atoms with Gasteiger partial charge in [0.15, 0.2) is 0 Å². The Hall–Kier alpha value is -2.54. The van der Waals surface area contributed by atoms with Crippen LogP contribution in [0.1, 0.15) is 64.2 Å². The molecular formula is C26H35N. The van der Waals surface area contributed by atoms with E-state index in [9.17, 15) is 0 Å². The fourth-order valence-corrected chi connectivity index (χ4v) is 2.96. The maximum Gasteiger partial charge on any atom is 0.00487 e. The Bertz CT molecular complexity index is 840. The van der Waals surface area contributed by atoms with E-state index in [0.717, 1.165) is 5.70 Å².